The Balaban J connectivity index is 2.77. The van der Waals surface area contributed by atoms with Gasteiger partial charge in [0.1, 0.15) is 0 Å². The zero-order valence-corrected chi connectivity index (χ0v) is 15.0. The monoisotopic (exact) mass is 308 g/mol. The van der Waals surface area contributed by atoms with E-state index < -0.39 is 14.2 Å². The summed E-state index contributed by atoms with van der Waals surface area (Å²) in [6, 6.07) is 0. The molecule has 0 amide bonds. The maximum Gasteiger partial charge on any atom is 0.337 e. The first kappa shape index (κ1) is 18.0. The van der Waals surface area contributed by atoms with Crippen LogP contribution < -0.4 is 0 Å². The number of ether oxygens (including phenoxy) is 2. The molecule has 0 spiro atoms. The lowest BCUT2D eigenvalue weighted by Crippen LogP contribution is -2.38. The minimum Gasteiger partial charge on any atom is -0.463 e. The quantitative estimate of drug-likeness (QED) is 0.325. The zero-order valence-electron chi connectivity index (χ0n) is 14.0. The molecule has 4 heteroatoms. The maximum absolute atomic E-state index is 12.0. The summed E-state index contributed by atoms with van der Waals surface area (Å²) in [5.41, 5.74) is 0.624. The molecule has 118 valence electrons. The molecule has 2 atom stereocenters. The Kier molecular flexibility index (Phi) is 7.20. The number of carbonyl (C=O) groups is 1. The standard InChI is InChI=1S/C17H28O3Si/c1-6-8-9-10-11-12-15-14(17(18)19-7-2)13-16(20-15)21(3,4)5/h13,15-16H,6-10H2,1-5H3/t15-,16+/m1/s1. The number of carbonyl (C=O) groups excluding carboxylic acids is 1. The van der Waals surface area contributed by atoms with Crippen LogP contribution in [0.3, 0.4) is 0 Å². The number of hydrogen-bond donors (Lipinski definition) is 0. The van der Waals surface area contributed by atoms with Gasteiger partial charge < -0.3 is 9.47 Å². The van der Waals surface area contributed by atoms with Gasteiger partial charge in [0.15, 0.2) is 6.10 Å². The fraction of sp³-hybridized carbons (Fsp3) is 0.706. The third-order valence-corrected chi connectivity index (χ3v) is 5.41. The maximum atomic E-state index is 12.0. The van der Waals surface area contributed by atoms with E-state index in [1.807, 2.05) is 13.0 Å². The second-order valence-corrected chi connectivity index (χ2v) is 11.7. The smallest absolute Gasteiger partial charge is 0.337 e. The van der Waals surface area contributed by atoms with Gasteiger partial charge in [-0.1, -0.05) is 45.3 Å². The predicted octanol–water partition coefficient (Wildman–Crippen LogP) is 3.70. The average Bonchev–Trinajstić information content (AvgIpc) is 2.83. The lowest BCUT2D eigenvalue weighted by atomic mass is 10.1. The molecule has 0 bridgehead atoms. The van der Waals surface area contributed by atoms with Crippen molar-refractivity contribution in [3.8, 4) is 11.8 Å². The molecule has 0 saturated carbocycles. The fourth-order valence-corrected chi connectivity index (χ4v) is 3.32. The first-order chi connectivity index (χ1) is 9.90. The van der Waals surface area contributed by atoms with E-state index in [4.69, 9.17) is 9.47 Å². The van der Waals surface area contributed by atoms with E-state index >= 15 is 0 Å². The Morgan fingerprint density at radius 1 is 1.33 bits per heavy atom. The van der Waals surface area contributed by atoms with Crippen molar-refractivity contribution in [3.05, 3.63) is 11.6 Å². The molecule has 1 aliphatic rings. The SMILES string of the molecule is CCCCCC#C[C@H]1O[C@@H]([Si](C)(C)C)C=C1C(=O)OCC. The normalized spacial score (nSPS) is 21.5. The van der Waals surface area contributed by atoms with Gasteiger partial charge in [-0.3, -0.25) is 0 Å². The summed E-state index contributed by atoms with van der Waals surface area (Å²) >= 11 is 0. The number of esters is 1. The van der Waals surface area contributed by atoms with Crippen LogP contribution in [0.4, 0.5) is 0 Å². The molecule has 1 rings (SSSR count). The molecule has 1 aliphatic heterocycles. The Labute approximate surface area is 130 Å². The van der Waals surface area contributed by atoms with Gasteiger partial charge in [-0.05, 0) is 19.4 Å². The Bertz CT molecular complexity index is 437. The van der Waals surface area contributed by atoms with E-state index in [0.717, 1.165) is 12.8 Å². The lowest BCUT2D eigenvalue weighted by Gasteiger charge is -2.23. The van der Waals surface area contributed by atoms with Gasteiger partial charge in [-0.25, -0.2) is 4.79 Å². The van der Waals surface area contributed by atoms with Crippen molar-refractivity contribution in [2.45, 2.75) is 71.0 Å². The van der Waals surface area contributed by atoms with Crippen LogP contribution >= 0.6 is 0 Å². The van der Waals surface area contributed by atoms with E-state index in [1.165, 1.54) is 12.8 Å². The number of rotatable bonds is 6. The minimum absolute atomic E-state index is 0.0341. The van der Waals surface area contributed by atoms with Gasteiger partial charge in [-0.2, -0.15) is 0 Å². The van der Waals surface area contributed by atoms with E-state index in [1.54, 1.807) is 0 Å². The van der Waals surface area contributed by atoms with Crippen LogP contribution in [0.15, 0.2) is 11.6 Å². The van der Waals surface area contributed by atoms with Gasteiger partial charge in [0.2, 0.25) is 0 Å². The Morgan fingerprint density at radius 3 is 2.62 bits per heavy atom. The van der Waals surface area contributed by atoms with Crippen molar-refractivity contribution >= 4 is 14.0 Å². The summed E-state index contributed by atoms with van der Waals surface area (Å²) in [4.78, 5) is 12.0. The summed E-state index contributed by atoms with van der Waals surface area (Å²) in [5, 5.41) is 0. The highest BCUT2D eigenvalue weighted by molar-refractivity contribution is 6.77. The molecule has 0 aromatic rings. The lowest BCUT2D eigenvalue weighted by molar-refractivity contribution is -0.139. The van der Waals surface area contributed by atoms with Crippen LogP contribution in [0, 0.1) is 11.8 Å². The molecule has 0 N–H and O–H groups in total. The van der Waals surface area contributed by atoms with Gasteiger partial charge in [0.05, 0.1) is 26.0 Å². The summed E-state index contributed by atoms with van der Waals surface area (Å²) in [7, 11) is -1.51. The minimum atomic E-state index is -1.51. The molecular formula is C17H28O3Si. The van der Waals surface area contributed by atoms with Gasteiger partial charge in [0.25, 0.3) is 0 Å². The summed E-state index contributed by atoms with van der Waals surface area (Å²) in [6.07, 6.45) is 5.87. The van der Waals surface area contributed by atoms with Gasteiger partial charge in [0, 0.05) is 6.42 Å². The van der Waals surface area contributed by atoms with E-state index in [-0.39, 0.29) is 11.7 Å². The van der Waals surface area contributed by atoms with E-state index in [2.05, 4.69) is 38.4 Å². The van der Waals surface area contributed by atoms with Gasteiger partial charge in [-0.15, -0.1) is 5.92 Å². The molecule has 0 unspecified atom stereocenters. The highest BCUT2D eigenvalue weighted by Crippen LogP contribution is 2.27. The summed E-state index contributed by atoms with van der Waals surface area (Å²) in [6.45, 7) is 11.1. The molecule has 0 aromatic heterocycles. The number of unbranched alkanes of at least 4 members (excludes halogenated alkanes) is 3. The molecule has 0 saturated heterocycles. The second-order valence-electron chi connectivity index (χ2n) is 6.42. The molecule has 0 radical (unpaired) electrons. The Morgan fingerprint density at radius 2 is 2.05 bits per heavy atom. The first-order valence-electron chi connectivity index (χ1n) is 7.92. The first-order valence-corrected chi connectivity index (χ1v) is 11.5. The second kappa shape index (κ2) is 8.40. The van der Waals surface area contributed by atoms with Crippen LogP contribution in [-0.4, -0.2) is 32.5 Å². The largest absolute Gasteiger partial charge is 0.463 e. The highest BCUT2D eigenvalue weighted by atomic mass is 28.3. The molecule has 21 heavy (non-hydrogen) atoms. The van der Waals surface area contributed by atoms with Crippen molar-refractivity contribution in [2.24, 2.45) is 0 Å². The molecular weight excluding hydrogens is 280 g/mol. The summed E-state index contributed by atoms with van der Waals surface area (Å²) < 4.78 is 11.1. The topological polar surface area (TPSA) is 35.5 Å². The van der Waals surface area contributed by atoms with Crippen molar-refractivity contribution in [2.75, 3.05) is 6.61 Å². The van der Waals surface area contributed by atoms with Crippen molar-refractivity contribution in [1.82, 2.24) is 0 Å². The third kappa shape index (κ3) is 5.68. The predicted molar refractivity (Wildman–Crippen MR) is 88.6 cm³/mol. The van der Waals surface area contributed by atoms with E-state index in [9.17, 15) is 4.79 Å². The van der Waals surface area contributed by atoms with Crippen LogP contribution in [-0.2, 0) is 14.3 Å². The fourth-order valence-electron chi connectivity index (χ4n) is 2.09. The highest BCUT2D eigenvalue weighted by Gasteiger charge is 2.37. The van der Waals surface area contributed by atoms with Crippen LogP contribution in [0.5, 0.6) is 0 Å². The molecule has 3 nitrogen and oxygen atoms in total. The van der Waals surface area contributed by atoms with Crippen LogP contribution in [0.1, 0.15) is 39.5 Å². The van der Waals surface area contributed by atoms with Gasteiger partial charge >= 0.3 is 5.97 Å². The van der Waals surface area contributed by atoms with Crippen LogP contribution in [0.25, 0.3) is 0 Å². The van der Waals surface area contributed by atoms with Crippen molar-refractivity contribution in [1.29, 1.82) is 0 Å². The van der Waals surface area contributed by atoms with Crippen molar-refractivity contribution < 1.29 is 14.3 Å². The molecule has 0 aliphatic carbocycles. The molecule has 0 fully saturated rings. The van der Waals surface area contributed by atoms with Crippen molar-refractivity contribution in [3.63, 3.8) is 0 Å². The molecule has 0 aromatic carbocycles. The molecule has 1 heterocycles. The third-order valence-electron chi connectivity index (χ3n) is 3.40. The summed E-state index contributed by atoms with van der Waals surface area (Å²) in [5.74, 6) is 5.98. The van der Waals surface area contributed by atoms with E-state index in [0.29, 0.717) is 12.2 Å². The zero-order chi connectivity index (χ0) is 15.9. The Hall–Kier alpha value is -1.05. The number of hydrogen-bond acceptors (Lipinski definition) is 3. The van der Waals surface area contributed by atoms with Crippen LogP contribution in [0.2, 0.25) is 19.6 Å². The average molecular weight is 308 g/mol.